The van der Waals surface area contributed by atoms with E-state index in [0.717, 1.165) is 11.4 Å². The van der Waals surface area contributed by atoms with Gasteiger partial charge in [0, 0.05) is 6.20 Å². The molecule has 0 amide bonds. The predicted octanol–water partition coefficient (Wildman–Crippen LogP) is 0.866. The third-order valence-corrected chi connectivity index (χ3v) is 2.90. The topological polar surface area (TPSA) is 73.6 Å². The van der Waals surface area contributed by atoms with Gasteiger partial charge in [0.15, 0.2) is 5.84 Å². The van der Waals surface area contributed by atoms with E-state index in [9.17, 15) is 0 Å². The van der Waals surface area contributed by atoms with Crippen LogP contribution in [0.15, 0.2) is 29.6 Å². The van der Waals surface area contributed by atoms with Crippen LogP contribution >= 0.6 is 0 Å². The van der Waals surface area contributed by atoms with Gasteiger partial charge in [0.2, 0.25) is 5.88 Å². The molecule has 3 rings (SSSR count). The number of nitrogens with zero attached hydrogens (tertiary/aromatic N) is 4. The fraction of sp³-hybridized carbons (Fsp3) is 0.308. The van der Waals surface area contributed by atoms with Gasteiger partial charge in [-0.05, 0) is 19.1 Å². The molecule has 7 heteroatoms. The Labute approximate surface area is 116 Å². The number of hydroxylamine groups is 1. The van der Waals surface area contributed by atoms with E-state index in [1.165, 1.54) is 0 Å². The van der Waals surface area contributed by atoms with Gasteiger partial charge in [0.25, 0.3) is 0 Å². The van der Waals surface area contributed by atoms with Gasteiger partial charge in [-0.15, -0.1) is 0 Å². The van der Waals surface area contributed by atoms with Crippen LogP contribution in [-0.2, 0) is 4.84 Å². The van der Waals surface area contributed by atoms with Gasteiger partial charge >= 0.3 is 0 Å². The van der Waals surface area contributed by atoms with Crippen LogP contribution in [0.5, 0.6) is 5.88 Å². The fourth-order valence-electron chi connectivity index (χ4n) is 1.95. The Kier molecular flexibility index (Phi) is 3.34. The van der Waals surface area contributed by atoms with Crippen LogP contribution in [0.25, 0.3) is 5.69 Å². The highest BCUT2D eigenvalue weighted by Gasteiger charge is 2.14. The van der Waals surface area contributed by atoms with E-state index in [1.807, 2.05) is 29.8 Å². The van der Waals surface area contributed by atoms with Gasteiger partial charge in [0.05, 0.1) is 32.3 Å². The minimum atomic E-state index is 0.509. The summed E-state index contributed by atoms with van der Waals surface area (Å²) in [4.78, 5) is 18.1. The number of imidazole rings is 1. The van der Waals surface area contributed by atoms with Crippen molar-refractivity contribution in [2.24, 2.45) is 4.99 Å². The Morgan fingerprint density at radius 3 is 2.95 bits per heavy atom. The Bertz CT molecular complexity index is 650. The first-order valence-electron chi connectivity index (χ1n) is 6.26. The lowest BCUT2D eigenvalue weighted by Crippen LogP contribution is -2.31. The summed E-state index contributed by atoms with van der Waals surface area (Å²) in [5, 5.41) is 0. The third kappa shape index (κ3) is 2.35. The summed E-state index contributed by atoms with van der Waals surface area (Å²) in [7, 11) is 1.59. The average Bonchev–Trinajstić information content (AvgIpc) is 2.94. The largest absolute Gasteiger partial charge is 0.479 e. The normalized spacial score (nSPS) is 14.6. The summed E-state index contributed by atoms with van der Waals surface area (Å²) in [5.74, 6) is 1.12. The molecule has 0 atom stereocenters. The second-order valence-electron chi connectivity index (χ2n) is 4.33. The van der Waals surface area contributed by atoms with Gasteiger partial charge in [0.1, 0.15) is 11.4 Å². The SMILES string of the molecule is COc1nc(C2=NCCON2)ccc1-n1cnc(C)c1. The number of aryl methyl sites for hydroxylation is 1. The van der Waals surface area contributed by atoms with Gasteiger partial charge < -0.3 is 9.30 Å². The van der Waals surface area contributed by atoms with E-state index in [-0.39, 0.29) is 0 Å². The Balaban J connectivity index is 1.99. The van der Waals surface area contributed by atoms with Crippen LogP contribution in [0.1, 0.15) is 11.4 Å². The van der Waals surface area contributed by atoms with Crippen molar-refractivity contribution in [1.82, 2.24) is 20.0 Å². The average molecular weight is 273 g/mol. The third-order valence-electron chi connectivity index (χ3n) is 2.90. The van der Waals surface area contributed by atoms with Crippen LogP contribution in [0.3, 0.4) is 0 Å². The minimum Gasteiger partial charge on any atom is -0.479 e. The van der Waals surface area contributed by atoms with E-state index in [0.29, 0.717) is 30.6 Å². The van der Waals surface area contributed by atoms with Crippen LogP contribution in [0.2, 0.25) is 0 Å². The molecular formula is C13H15N5O2. The summed E-state index contributed by atoms with van der Waals surface area (Å²) in [6.07, 6.45) is 3.65. The molecule has 1 aliphatic rings. The highest BCUT2D eigenvalue weighted by molar-refractivity contribution is 5.96. The number of ether oxygens (including phenoxy) is 1. The number of hydrogen-bond acceptors (Lipinski definition) is 6. The molecule has 2 aromatic rings. The maximum Gasteiger partial charge on any atom is 0.238 e. The zero-order valence-corrected chi connectivity index (χ0v) is 11.3. The van der Waals surface area contributed by atoms with Crippen molar-refractivity contribution in [1.29, 1.82) is 0 Å². The number of rotatable bonds is 3. The van der Waals surface area contributed by atoms with Crippen molar-refractivity contribution >= 4 is 5.84 Å². The first-order valence-corrected chi connectivity index (χ1v) is 6.26. The Hall–Kier alpha value is -2.41. The maximum absolute atomic E-state index is 5.36. The number of methoxy groups -OCH3 is 1. The number of hydrogen-bond donors (Lipinski definition) is 1. The molecule has 104 valence electrons. The van der Waals surface area contributed by atoms with E-state index in [2.05, 4.69) is 20.4 Å². The molecule has 0 spiro atoms. The highest BCUT2D eigenvalue weighted by atomic mass is 16.6. The van der Waals surface area contributed by atoms with Crippen molar-refractivity contribution in [2.75, 3.05) is 20.3 Å². The second kappa shape index (κ2) is 5.30. The van der Waals surface area contributed by atoms with Gasteiger partial charge in [-0.1, -0.05) is 0 Å². The smallest absolute Gasteiger partial charge is 0.238 e. The molecule has 1 aliphatic heterocycles. The summed E-state index contributed by atoms with van der Waals surface area (Å²) in [6.45, 7) is 3.12. The Morgan fingerprint density at radius 1 is 1.40 bits per heavy atom. The predicted molar refractivity (Wildman–Crippen MR) is 73.1 cm³/mol. The highest BCUT2D eigenvalue weighted by Crippen LogP contribution is 2.21. The van der Waals surface area contributed by atoms with Crippen molar-refractivity contribution in [2.45, 2.75) is 6.92 Å². The maximum atomic E-state index is 5.36. The number of pyridine rings is 1. The van der Waals surface area contributed by atoms with Crippen molar-refractivity contribution in [3.05, 3.63) is 36.0 Å². The van der Waals surface area contributed by atoms with Gasteiger partial charge in [-0.2, -0.15) is 0 Å². The monoisotopic (exact) mass is 273 g/mol. The molecule has 1 N–H and O–H groups in total. The molecule has 0 saturated heterocycles. The molecule has 0 aromatic carbocycles. The van der Waals surface area contributed by atoms with Crippen LogP contribution < -0.4 is 10.2 Å². The van der Waals surface area contributed by atoms with Crippen LogP contribution in [0.4, 0.5) is 0 Å². The molecule has 0 unspecified atom stereocenters. The first kappa shape index (κ1) is 12.6. The molecule has 0 aliphatic carbocycles. The molecule has 3 heterocycles. The quantitative estimate of drug-likeness (QED) is 0.898. The number of aromatic nitrogens is 3. The summed E-state index contributed by atoms with van der Waals surface area (Å²) >= 11 is 0. The van der Waals surface area contributed by atoms with E-state index >= 15 is 0 Å². The van der Waals surface area contributed by atoms with E-state index < -0.39 is 0 Å². The zero-order valence-electron chi connectivity index (χ0n) is 11.3. The van der Waals surface area contributed by atoms with Crippen LogP contribution in [-0.4, -0.2) is 40.6 Å². The molecule has 7 nitrogen and oxygen atoms in total. The number of aliphatic imine (C=N–C) groups is 1. The molecule has 2 aromatic heterocycles. The molecule has 0 radical (unpaired) electrons. The summed E-state index contributed by atoms with van der Waals surface area (Å²) in [5.41, 5.74) is 5.21. The lowest BCUT2D eigenvalue weighted by atomic mass is 10.3. The lowest BCUT2D eigenvalue weighted by molar-refractivity contribution is 0.0824. The fourth-order valence-corrected chi connectivity index (χ4v) is 1.95. The molecule has 0 fully saturated rings. The lowest BCUT2D eigenvalue weighted by Gasteiger charge is -2.15. The van der Waals surface area contributed by atoms with E-state index in [4.69, 9.17) is 9.57 Å². The Morgan fingerprint density at radius 2 is 2.30 bits per heavy atom. The van der Waals surface area contributed by atoms with Crippen molar-refractivity contribution in [3.8, 4) is 11.6 Å². The van der Waals surface area contributed by atoms with Crippen LogP contribution in [0, 0.1) is 6.92 Å². The molecular weight excluding hydrogens is 258 g/mol. The molecule has 0 saturated carbocycles. The minimum absolute atomic E-state index is 0.509. The van der Waals surface area contributed by atoms with Gasteiger partial charge in [-0.25, -0.2) is 15.4 Å². The van der Waals surface area contributed by atoms with Gasteiger partial charge in [-0.3, -0.25) is 9.83 Å². The first-order chi connectivity index (χ1) is 9.78. The standard InChI is InChI=1S/C13H15N5O2/c1-9-7-18(8-15-9)11-4-3-10(16-13(11)19-2)12-14-5-6-20-17-12/h3-4,7-8H,5-6H2,1-2H3,(H,14,17). The van der Waals surface area contributed by atoms with Crippen molar-refractivity contribution in [3.63, 3.8) is 0 Å². The number of nitrogens with one attached hydrogen (secondary N) is 1. The molecule has 20 heavy (non-hydrogen) atoms. The number of amidine groups is 1. The summed E-state index contributed by atoms with van der Waals surface area (Å²) in [6, 6.07) is 3.79. The molecule has 0 bridgehead atoms. The van der Waals surface area contributed by atoms with E-state index in [1.54, 1.807) is 13.4 Å². The summed E-state index contributed by atoms with van der Waals surface area (Å²) < 4.78 is 7.23. The van der Waals surface area contributed by atoms with Crippen molar-refractivity contribution < 1.29 is 9.57 Å². The second-order valence-corrected chi connectivity index (χ2v) is 4.33. The zero-order chi connectivity index (χ0) is 13.9.